The molecule has 15 unspecified atom stereocenters. The SMILES string of the molecule is CC1\C=C/C=C\C=C/C=C\C=C/C=C\C=C/C(O[C@@H]2O[C@@H](C)C(O)C(N)C2O)CC(O)C(C(=O)O)C(O)CC(=O)CC(O)C(O)CCC(=O)CC(O)CC(O)CC(=O)OC(C)C(C)C1O. The van der Waals surface area contributed by atoms with E-state index in [2.05, 4.69) is 0 Å². The Labute approximate surface area is 380 Å². The molecule has 18 heteroatoms. The molecule has 65 heavy (non-hydrogen) atoms. The number of allylic oxidation sites excluding steroid dienone is 12. The summed E-state index contributed by atoms with van der Waals surface area (Å²) < 4.78 is 16.9. The highest BCUT2D eigenvalue weighted by molar-refractivity contribution is 5.81. The van der Waals surface area contributed by atoms with E-state index in [1.54, 1.807) is 86.8 Å². The number of nitrogens with two attached hydrogens (primary N) is 1. The molecule has 1 fully saturated rings. The van der Waals surface area contributed by atoms with Crippen LogP contribution in [0.5, 0.6) is 0 Å². The maximum absolute atomic E-state index is 12.9. The molecule has 2 aliphatic rings. The van der Waals surface area contributed by atoms with E-state index in [0.29, 0.717) is 0 Å². The normalized spacial score (nSPS) is 41.6. The third kappa shape index (κ3) is 21.0. The Kier molecular flexibility index (Phi) is 26.0. The zero-order valence-electron chi connectivity index (χ0n) is 37.5. The summed E-state index contributed by atoms with van der Waals surface area (Å²) in [6.45, 7) is 6.66. The molecule has 0 aliphatic carbocycles. The Morgan fingerprint density at radius 1 is 0.600 bits per heavy atom. The van der Waals surface area contributed by atoms with Crippen molar-refractivity contribution in [2.24, 2.45) is 23.5 Å². The van der Waals surface area contributed by atoms with E-state index in [-0.39, 0.29) is 25.2 Å². The Bertz CT molecular complexity index is 1690. The van der Waals surface area contributed by atoms with Gasteiger partial charge in [0, 0.05) is 50.4 Å². The van der Waals surface area contributed by atoms with Crippen LogP contribution in [0.1, 0.15) is 79.1 Å². The van der Waals surface area contributed by atoms with Gasteiger partial charge in [0.25, 0.3) is 0 Å². The number of carbonyl (C=O) groups excluding carboxylic acids is 3. The second kappa shape index (κ2) is 29.6. The van der Waals surface area contributed by atoms with Crippen LogP contribution in [0.4, 0.5) is 0 Å². The standard InChI is InChI=1S/C47H71NO17/c1-27-17-15-13-11-9-7-5-6-8-10-12-14-16-18-35(65-47-45(60)42(48)44(59)30(4)64-47)26-39(56)41(46(61)62)38(55)24-34(52)23-37(54)36(53)20-19-31(49)21-32(50)22-33(51)25-40(57)63-29(3)28(2)43(27)58/h5-18,27-30,32-33,35-39,41-45,47,50-51,53-56,58-60H,19-26,48H2,1-4H3,(H,61,62)/b6-5-,9-7-,10-8-,13-11-,14-12-,17-15-,18-16-/t27?,28?,29?,30-,32?,33?,35?,36?,37?,38?,39?,41?,42?,43?,44?,45?,47-/m0/s1. The van der Waals surface area contributed by atoms with Gasteiger partial charge in [0.05, 0.1) is 73.5 Å². The Balaban J connectivity index is 2.29. The van der Waals surface area contributed by atoms with E-state index < -0.39 is 153 Å². The Morgan fingerprint density at radius 3 is 1.69 bits per heavy atom. The zero-order valence-corrected chi connectivity index (χ0v) is 37.5. The molecule has 0 spiro atoms. The van der Waals surface area contributed by atoms with E-state index in [1.807, 2.05) is 6.92 Å². The van der Waals surface area contributed by atoms with Crippen molar-refractivity contribution in [1.82, 2.24) is 0 Å². The van der Waals surface area contributed by atoms with Gasteiger partial charge in [-0.15, -0.1) is 0 Å². The van der Waals surface area contributed by atoms with Crippen molar-refractivity contribution in [1.29, 1.82) is 0 Å². The number of carboxylic acids is 1. The fourth-order valence-electron chi connectivity index (χ4n) is 7.16. The fourth-order valence-corrected chi connectivity index (χ4v) is 7.16. The average molecular weight is 922 g/mol. The smallest absolute Gasteiger partial charge is 0.311 e. The number of hydrogen-bond donors (Lipinski definition) is 11. The van der Waals surface area contributed by atoms with Crippen LogP contribution in [0.15, 0.2) is 85.1 Å². The molecule has 18 nitrogen and oxygen atoms in total. The number of ketones is 2. The summed E-state index contributed by atoms with van der Waals surface area (Å²) in [7, 11) is 0. The molecule has 0 bridgehead atoms. The number of carbonyl (C=O) groups is 4. The number of aliphatic carboxylic acids is 1. The molecular weight excluding hydrogens is 851 g/mol. The summed E-state index contributed by atoms with van der Waals surface area (Å²) in [5, 5.41) is 106. The summed E-state index contributed by atoms with van der Waals surface area (Å²) in [5.74, 6) is -6.58. The number of carboxylic acid groups (broad SMARTS) is 1. The first kappa shape index (κ1) is 57.1. The predicted octanol–water partition coefficient (Wildman–Crippen LogP) is 0.763. The molecule has 0 amide bonds. The highest BCUT2D eigenvalue weighted by Gasteiger charge is 2.43. The second-order valence-electron chi connectivity index (χ2n) is 16.9. The third-order valence-corrected chi connectivity index (χ3v) is 11.3. The summed E-state index contributed by atoms with van der Waals surface area (Å²) in [5.41, 5.74) is 5.95. The van der Waals surface area contributed by atoms with Crippen LogP contribution in [0, 0.1) is 17.8 Å². The van der Waals surface area contributed by atoms with Gasteiger partial charge in [-0.05, 0) is 20.3 Å². The summed E-state index contributed by atoms with van der Waals surface area (Å²) >= 11 is 0. The number of ether oxygens (including phenoxy) is 3. The van der Waals surface area contributed by atoms with Gasteiger partial charge in [-0.1, -0.05) is 98.9 Å². The number of rotatable bonds is 3. The summed E-state index contributed by atoms with van der Waals surface area (Å²) in [6, 6.07) is -1.16. The molecule has 2 aliphatic heterocycles. The molecule has 0 saturated carbocycles. The molecule has 366 valence electrons. The Morgan fingerprint density at radius 2 is 1.12 bits per heavy atom. The highest BCUT2D eigenvalue weighted by atomic mass is 16.7. The van der Waals surface area contributed by atoms with Crippen molar-refractivity contribution < 1.29 is 84.5 Å². The minimum atomic E-state index is -1.97. The number of cyclic esters (lactones) is 1. The van der Waals surface area contributed by atoms with Crippen LogP contribution in [0.25, 0.3) is 0 Å². The third-order valence-electron chi connectivity index (χ3n) is 11.3. The van der Waals surface area contributed by atoms with Gasteiger partial charge in [0.1, 0.15) is 29.7 Å². The minimum Gasteiger partial charge on any atom is -0.481 e. The fraction of sp³-hybridized carbons (Fsp3) is 0.617. The van der Waals surface area contributed by atoms with Crippen molar-refractivity contribution >= 4 is 23.5 Å². The zero-order chi connectivity index (χ0) is 48.8. The maximum atomic E-state index is 12.9. The number of Topliss-reactive ketones (excluding diaryl/α,β-unsaturated/α-hetero) is 2. The first-order chi connectivity index (χ1) is 30.6. The van der Waals surface area contributed by atoms with Gasteiger partial charge in [-0.2, -0.15) is 0 Å². The number of aliphatic hydroxyl groups is 9. The maximum Gasteiger partial charge on any atom is 0.311 e. The molecule has 17 atom stereocenters. The molecule has 0 radical (unpaired) electrons. The lowest BCUT2D eigenvalue weighted by molar-refractivity contribution is -0.277. The number of aliphatic hydroxyl groups excluding tert-OH is 9. The monoisotopic (exact) mass is 921 g/mol. The molecule has 0 aromatic heterocycles. The molecular formula is C47H71NO17. The van der Waals surface area contributed by atoms with E-state index in [1.165, 1.54) is 19.1 Å². The van der Waals surface area contributed by atoms with Gasteiger partial charge in [0.15, 0.2) is 6.29 Å². The average Bonchev–Trinajstić information content (AvgIpc) is 3.22. The van der Waals surface area contributed by atoms with Gasteiger partial charge >= 0.3 is 11.9 Å². The van der Waals surface area contributed by atoms with E-state index in [9.17, 15) is 70.2 Å². The molecule has 0 aromatic carbocycles. The van der Waals surface area contributed by atoms with Crippen molar-refractivity contribution in [2.75, 3.05) is 0 Å². The van der Waals surface area contributed by atoms with Crippen LogP contribution >= 0.6 is 0 Å². The number of esters is 1. The molecule has 2 heterocycles. The van der Waals surface area contributed by atoms with Crippen LogP contribution in [0.3, 0.4) is 0 Å². The van der Waals surface area contributed by atoms with Crippen LogP contribution in [-0.2, 0) is 33.4 Å². The van der Waals surface area contributed by atoms with Gasteiger partial charge in [0.2, 0.25) is 0 Å². The van der Waals surface area contributed by atoms with E-state index >= 15 is 0 Å². The lowest BCUT2D eigenvalue weighted by atomic mass is 9.88. The highest BCUT2D eigenvalue weighted by Crippen LogP contribution is 2.26. The quantitative estimate of drug-likeness (QED) is 0.174. The van der Waals surface area contributed by atoms with Gasteiger partial charge in [-0.25, -0.2) is 0 Å². The lowest BCUT2D eigenvalue weighted by Crippen LogP contribution is -2.61. The number of hydrogen-bond acceptors (Lipinski definition) is 17. The van der Waals surface area contributed by atoms with Gasteiger partial charge < -0.3 is 71.0 Å². The van der Waals surface area contributed by atoms with Crippen LogP contribution in [0.2, 0.25) is 0 Å². The molecule has 1 saturated heterocycles. The predicted molar refractivity (Wildman–Crippen MR) is 237 cm³/mol. The Hall–Kier alpha value is -4.02. The molecule has 12 N–H and O–H groups in total. The first-order valence-electron chi connectivity index (χ1n) is 22.0. The second-order valence-corrected chi connectivity index (χ2v) is 16.9. The van der Waals surface area contributed by atoms with E-state index in [4.69, 9.17) is 19.9 Å². The topological polar surface area (TPSA) is 324 Å². The largest absolute Gasteiger partial charge is 0.481 e. The van der Waals surface area contributed by atoms with Crippen LogP contribution < -0.4 is 5.73 Å². The van der Waals surface area contributed by atoms with Gasteiger partial charge in [-0.3, -0.25) is 19.2 Å². The minimum absolute atomic E-state index is 0.302. The summed E-state index contributed by atoms with van der Waals surface area (Å²) in [6.07, 6.45) is 2.25. The summed E-state index contributed by atoms with van der Waals surface area (Å²) in [4.78, 5) is 50.3. The first-order valence-corrected chi connectivity index (χ1v) is 22.0. The van der Waals surface area contributed by atoms with Crippen molar-refractivity contribution in [3.63, 3.8) is 0 Å². The lowest BCUT2D eigenvalue weighted by Gasteiger charge is -2.41. The van der Waals surface area contributed by atoms with E-state index in [0.717, 1.165) is 0 Å². The van der Waals surface area contributed by atoms with Crippen molar-refractivity contribution in [2.45, 2.75) is 165 Å². The van der Waals surface area contributed by atoms with Crippen LogP contribution in [-0.4, -0.2) is 160 Å². The molecule has 2 rings (SSSR count). The van der Waals surface area contributed by atoms with Crippen molar-refractivity contribution in [3.05, 3.63) is 85.1 Å². The van der Waals surface area contributed by atoms with Crippen molar-refractivity contribution in [3.8, 4) is 0 Å². The molecule has 0 aromatic rings.